The van der Waals surface area contributed by atoms with Gasteiger partial charge in [-0.05, 0) is 69.9 Å². The fourth-order valence-corrected chi connectivity index (χ4v) is 3.69. The molecule has 1 atom stereocenters. The van der Waals surface area contributed by atoms with Gasteiger partial charge in [-0.15, -0.1) is 0 Å². The molecule has 0 aliphatic carbocycles. The Hall–Kier alpha value is -3.63. The van der Waals surface area contributed by atoms with E-state index in [2.05, 4.69) is 21.2 Å². The predicted octanol–water partition coefficient (Wildman–Crippen LogP) is 5.96. The van der Waals surface area contributed by atoms with Crippen molar-refractivity contribution in [2.75, 3.05) is 7.11 Å². The second-order valence-electron chi connectivity index (χ2n) is 7.22. The second kappa shape index (κ2) is 11.3. The van der Waals surface area contributed by atoms with Crippen molar-refractivity contribution in [1.82, 2.24) is 5.32 Å². The van der Waals surface area contributed by atoms with Crippen LogP contribution in [0.2, 0.25) is 0 Å². The molecule has 0 fully saturated rings. The number of benzene rings is 3. The van der Waals surface area contributed by atoms with Crippen molar-refractivity contribution in [2.24, 2.45) is 0 Å². The van der Waals surface area contributed by atoms with E-state index in [1.807, 2.05) is 43.3 Å². The van der Waals surface area contributed by atoms with Gasteiger partial charge in [-0.3, -0.25) is 4.79 Å². The Kier molecular flexibility index (Phi) is 8.22. The summed E-state index contributed by atoms with van der Waals surface area (Å²) in [6.45, 7) is 2.07. The molecule has 3 aromatic rings. The van der Waals surface area contributed by atoms with E-state index < -0.39 is 5.91 Å². The largest absolute Gasteiger partial charge is 0.493 e. The Bertz CT molecular complexity index is 1190. The first kappa shape index (κ1) is 24.0. The Morgan fingerprint density at radius 2 is 1.88 bits per heavy atom. The fourth-order valence-electron chi connectivity index (χ4n) is 3.11. The summed E-state index contributed by atoms with van der Waals surface area (Å²) in [6, 6.07) is 20.6. The molecule has 5 nitrogen and oxygen atoms in total. The quantitative estimate of drug-likeness (QED) is 0.301. The third kappa shape index (κ3) is 6.43. The minimum Gasteiger partial charge on any atom is -0.493 e. The molecule has 168 valence electrons. The molecule has 0 saturated heterocycles. The number of ether oxygens (including phenoxy) is 2. The van der Waals surface area contributed by atoms with E-state index in [0.717, 1.165) is 11.1 Å². The Morgan fingerprint density at radius 1 is 1.18 bits per heavy atom. The van der Waals surface area contributed by atoms with Crippen molar-refractivity contribution in [3.05, 3.63) is 99.3 Å². The van der Waals surface area contributed by atoms with E-state index in [-0.39, 0.29) is 24.0 Å². The number of amides is 1. The van der Waals surface area contributed by atoms with Gasteiger partial charge in [0.25, 0.3) is 5.91 Å². The van der Waals surface area contributed by atoms with Gasteiger partial charge in [0.05, 0.1) is 17.6 Å². The maximum atomic E-state index is 13.1. The number of methoxy groups -OCH3 is 1. The molecule has 0 heterocycles. The molecule has 3 aromatic carbocycles. The lowest BCUT2D eigenvalue weighted by Crippen LogP contribution is -2.27. The molecule has 0 spiro atoms. The normalized spacial score (nSPS) is 11.9. The van der Waals surface area contributed by atoms with Crippen LogP contribution in [0.5, 0.6) is 11.5 Å². The highest BCUT2D eigenvalue weighted by molar-refractivity contribution is 9.10. The van der Waals surface area contributed by atoms with Crippen LogP contribution >= 0.6 is 15.9 Å². The van der Waals surface area contributed by atoms with Crippen molar-refractivity contribution in [3.8, 4) is 17.6 Å². The van der Waals surface area contributed by atoms with E-state index in [1.165, 1.54) is 25.3 Å². The average molecular weight is 509 g/mol. The topological polar surface area (TPSA) is 71.3 Å². The molecule has 0 aliphatic heterocycles. The van der Waals surface area contributed by atoms with Gasteiger partial charge in [0.1, 0.15) is 24.1 Å². The monoisotopic (exact) mass is 508 g/mol. The molecule has 33 heavy (non-hydrogen) atoms. The van der Waals surface area contributed by atoms with Gasteiger partial charge < -0.3 is 14.8 Å². The van der Waals surface area contributed by atoms with Crippen LogP contribution in [0, 0.1) is 17.1 Å². The lowest BCUT2D eigenvalue weighted by molar-refractivity contribution is -0.117. The van der Waals surface area contributed by atoms with E-state index in [1.54, 1.807) is 24.3 Å². The van der Waals surface area contributed by atoms with Crippen LogP contribution in [0.3, 0.4) is 0 Å². The highest BCUT2D eigenvalue weighted by Crippen LogP contribution is 2.37. The molecule has 3 rings (SSSR count). The van der Waals surface area contributed by atoms with E-state index in [0.29, 0.717) is 21.5 Å². The van der Waals surface area contributed by atoms with Gasteiger partial charge in [-0.1, -0.05) is 42.5 Å². The number of nitrogens with one attached hydrogen (secondary N) is 1. The first-order valence-corrected chi connectivity index (χ1v) is 10.9. The summed E-state index contributed by atoms with van der Waals surface area (Å²) in [5.41, 5.74) is 2.29. The molecule has 0 saturated carbocycles. The predicted molar refractivity (Wildman–Crippen MR) is 128 cm³/mol. The van der Waals surface area contributed by atoms with Crippen LogP contribution in [-0.4, -0.2) is 13.0 Å². The number of halogens is 2. The summed E-state index contributed by atoms with van der Waals surface area (Å²) in [4.78, 5) is 12.7. The van der Waals surface area contributed by atoms with Crippen LogP contribution in [0.15, 0.2) is 76.8 Å². The summed E-state index contributed by atoms with van der Waals surface area (Å²) < 4.78 is 25.0. The van der Waals surface area contributed by atoms with Gasteiger partial charge in [-0.2, -0.15) is 5.26 Å². The number of hydrogen-bond donors (Lipinski definition) is 1. The molecule has 0 aromatic heterocycles. The van der Waals surface area contributed by atoms with E-state index in [4.69, 9.17) is 9.47 Å². The first-order chi connectivity index (χ1) is 15.9. The van der Waals surface area contributed by atoms with Gasteiger partial charge in [0.15, 0.2) is 11.5 Å². The van der Waals surface area contributed by atoms with Gasteiger partial charge in [-0.25, -0.2) is 4.39 Å². The van der Waals surface area contributed by atoms with Gasteiger partial charge in [0.2, 0.25) is 0 Å². The van der Waals surface area contributed by atoms with Crippen molar-refractivity contribution in [3.63, 3.8) is 0 Å². The number of rotatable bonds is 8. The van der Waals surface area contributed by atoms with Crippen LogP contribution in [0.25, 0.3) is 6.08 Å². The summed E-state index contributed by atoms with van der Waals surface area (Å²) in [6.07, 6.45) is 1.49. The number of carbonyl (C=O) groups is 1. The zero-order valence-electron chi connectivity index (χ0n) is 18.1. The van der Waals surface area contributed by atoms with Crippen LogP contribution in [0.1, 0.15) is 29.7 Å². The fraction of sp³-hybridized carbons (Fsp3) is 0.154. The molecular weight excluding hydrogens is 487 g/mol. The summed E-state index contributed by atoms with van der Waals surface area (Å²) in [7, 11) is 1.50. The lowest BCUT2D eigenvalue weighted by Gasteiger charge is -2.15. The van der Waals surface area contributed by atoms with Crippen molar-refractivity contribution >= 4 is 27.9 Å². The Morgan fingerprint density at radius 3 is 2.52 bits per heavy atom. The maximum absolute atomic E-state index is 13.1. The van der Waals surface area contributed by atoms with Crippen molar-refractivity contribution in [2.45, 2.75) is 19.6 Å². The third-order valence-corrected chi connectivity index (χ3v) is 5.46. The smallest absolute Gasteiger partial charge is 0.262 e. The minimum absolute atomic E-state index is 0.0354. The molecule has 1 N–H and O–H groups in total. The highest BCUT2D eigenvalue weighted by atomic mass is 79.9. The average Bonchev–Trinajstić information content (AvgIpc) is 2.83. The molecule has 0 bridgehead atoms. The van der Waals surface area contributed by atoms with Gasteiger partial charge in [0, 0.05) is 0 Å². The zero-order valence-corrected chi connectivity index (χ0v) is 19.7. The zero-order chi connectivity index (χ0) is 23.8. The number of nitriles is 1. The molecule has 7 heteroatoms. The standard InChI is InChI=1S/C26H22BrFN2O3/c1-17(20-6-4-3-5-7-20)30-26(31)21(15-29)12-19-13-23(27)25(24(14-19)32-2)33-16-18-8-10-22(28)11-9-18/h3-14,17H,16H2,1-2H3,(H,30,31)/b21-12-/t17-/m0/s1. The summed E-state index contributed by atoms with van der Waals surface area (Å²) in [5, 5.41) is 12.4. The van der Waals surface area contributed by atoms with Crippen molar-refractivity contribution < 1.29 is 18.7 Å². The SMILES string of the molecule is COc1cc(/C=C(/C#N)C(=O)N[C@@H](C)c2ccccc2)cc(Br)c1OCc1ccc(F)cc1. The highest BCUT2D eigenvalue weighted by Gasteiger charge is 2.16. The molecule has 1 amide bonds. The second-order valence-corrected chi connectivity index (χ2v) is 8.08. The van der Waals surface area contributed by atoms with Crippen LogP contribution < -0.4 is 14.8 Å². The minimum atomic E-state index is -0.472. The Labute approximate surface area is 200 Å². The lowest BCUT2D eigenvalue weighted by atomic mass is 10.1. The Balaban J connectivity index is 1.78. The number of nitrogens with zero attached hydrogens (tertiary/aromatic N) is 1. The van der Waals surface area contributed by atoms with E-state index >= 15 is 0 Å². The van der Waals surface area contributed by atoms with Gasteiger partial charge >= 0.3 is 0 Å². The summed E-state index contributed by atoms with van der Waals surface area (Å²) >= 11 is 3.47. The maximum Gasteiger partial charge on any atom is 0.262 e. The number of carbonyl (C=O) groups excluding carboxylic acids is 1. The molecule has 0 radical (unpaired) electrons. The molecule has 0 unspecified atom stereocenters. The number of hydrogen-bond acceptors (Lipinski definition) is 4. The molecule has 0 aliphatic rings. The first-order valence-electron chi connectivity index (χ1n) is 10.1. The molecular formula is C26H22BrFN2O3. The van der Waals surface area contributed by atoms with Crippen LogP contribution in [-0.2, 0) is 11.4 Å². The van der Waals surface area contributed by atoms with Crippen LogP contribution in [0.4, 0.5) is 4.39 Å². The van der Waals surface area contributed by atoms with Crippen molar-refractivity contribution in [1.29, 1.82) is 5.26 Å². The summed E-state index contributed by atoms with van der Waals surface area (Å²) in [5.74, 6) is 0.0949. The van der Waals surface area contributed by atoms with E-state index in [9.17, 15) is 14.4 Å². The third-order valence-electron chi connectivity index (χ3n) is 4.87.